The molecule has 29 heavy (non-hydrogen) atoms. The molecule has 0 saturated carbocycles. The molecule has 1 aromatic heterocycles. The molecule has 1 unspecified atom stereocenters. The van der Waals surface area contributed by atoms with E-state index in [9.17, 15) is 4.79 Å². The van der Waals surface area contributed by atoms with E-state index in [4.69, 9.17) is 5.10 Å². The first-order valence-electron chi connectivity index (χ1n) is 10.7. The lowest BCUT2D eigenvalue weighted by atomic mass is 10.1. The minimum Gasteiger partial charge on any atom is -0.352 e. The Labute approximate surface area is 174 Å². The fourth-order valence-electron chi connectivity index (χ4n) is 4.02. The highest BCUT2D eigenvalue weighted by Gasteiger charge is 2.21. The minimum absolute atomic E-state index is 0.0847. The predicted molar refractivity (Wildman–Crippen MR) is 118 cm³/mol. The van der Waals surface area contributed by atoms with Crippen LogP contribution in [0.3, 0.4) is 0 Å². The molecular weight excluding hydrogens is 362 g/mol. The number of rotatable bonds is 7. The molecule has 1 amide bonds. The summed E-state index contributed by atoms with van der Waals surface area (Å²) in [5, 5.41) is 7.98. The van der Waals surface area contributed by atoms with Gasteiger partial charge < -0.3 is 10.2 Å². The third-order valence-electron chi connectivity index (χ3n) is 6.05. The maximum absolute atomic E-state index is 12.8. The van der Waals surface area contributed by atoms with Crippen molar-refractivity contribution in [2.45, 2.75) is 46.6 Å². The van der Waals surface area contributed by atoms with Crippen molar-refractivity contribution >= 4 is 5.91 Å². The number of carbonyl (C=O) groups is 1. The molecule has 158 valence electrons. The Morgan fingerprint density at radius 1 is 1.14 bits per heavy atom. The number of carbonyl (C=O) groups excluding carboxylic acids is 1. The van der Waals surface area contributed by atoms with Crippen LogP contribution in [0.1, 0.15) is 35.9 Å². The Kier molecular flexibility index (Phi) is 7.09. The molecule has 3 rings (SSSR count). The van der Waals surface area contributed by atoms with Crippen molar-refractivity contribution in [1.82, 2.24) is 24.9 Å². The number of benzene rings is 1. The minimum atomic E-state index is 0.0847. The summed E-state index contributed by atoms with van der Waals surface area (Å²) in [5.74, 6) is 0.0847. The molecule has 0 spiro atoms. The zero-order valence-electron chi connectivity index (χ0n) is 18.5. The van der Waals surface area contributed by atoms with Crippen molar-refractivity contribution in [2.75, 3.05) is 39.8 Å². The fourth-order valence-corrected chi connectivity index (χ4v) is 4.02. The zero-order valence-corrected chi connectivity index (χ0v) is 18.5. The number of para-hydroxylation sites is 1. The van der Waals surface area contributed by atoms with Crippen LogP contribution in [0, 0.1) is 20.8 Å². The van der Waals surface area contributed by atoms with Crippen molar-refractivity contribution in [3.05, 3.63) is 46.8 Å². The van der Waals surface area contributed by atoms with E-state index in [1.807, 2.05) is 23.7 Å². The predicted octanol–water partition coefficient (Wildman–Crippen LogP) is 2.48. The molecule has 1 N–H and O–H groups in total. The molecule has 0 bridgehead atoms. The van der Waals surface area contributed by atoms with Gasteiger partial charge in [-0.05, 0) is 45.9 Å². The van der Waals surface area contributed by atoms with Gasteiger partial charge in [0.2, 0.25) is 5.91 Å². The topological polar surface area (TPSA) is 53.4 Å². The first kappa shape index (κ1) is 21.5. The average Bonchev–Trinajstić information content (AvgIpc) is 2.97. The summed E-state index contributed by atoms with van der Waals surface area (Å²) >= 11 is 0. The lowest BCUT2D eigenvalue weighted by Crippen LogP contribution is -2.50. The molecule has 1 atom stereocenters. The smallest absolute Gasteiger partial charge is 0.224 e. The lowest BCUT2D eigenvalue weighted by Gasteiger charge is -2.34. The molecule has 1 aromatic carbocycles. The van der Waals surface area contributed by atoms with Crippen LogP contribution in [0.2, 0.25) is 0 Å². The van der Waals surface area contributed by atoms with Crippen LogP contribution in [0.5, 0.6) is 0 Å². The summed E-state index contributed by atoms with van der Waals surface area (Å²) in [6, 6.07) is 8.40. The Balaban J connectivity index is 1.65. The standard InChI is InChI=1S/C23H35N5O/c1-6-20(16-27-13-11-26(5)12-14-27)24-23(29)15-21-18(3)25-28(19(21)4)22-10-8-7-9-17(22)2/h7-10,20H,6,11-16H2,1-5H3,(H,24,29). The van der Waals surface area contributed by atoms with Crippen molar-refractivity contribution in [3.63, 3.8) is 0 Å². The second-order valence-corrected chi connectivity index (χ2v) is 8.30. The van der Waals surface area contributed by atoms with Crippen molar-refractivity contribution in [1.29, 1.82) is 0 Å². The van der Waals surface area contributed by atoms with Crippen molar-refractivity contribution in [3.8, 4) is 5.69 Å². The van der Waals surface area contributed by atoms with Gasteiger partial charge in [0.1, 0.15) is 0 Å². The van der Waals surface area contributed by atoms with Gasteiger partial charge in [-0.3, -0.25) is 9.69 Å². The van der Waals surface area contributed by atoms with E-state index in [1.165, 1.54) is 5.56 Å². The van der Waals surface area contributed by atoms with E-state index in [0.29, 0.717) is 6.42 Å². The number of aryl methyl sites for hydroxylation is 2. The van der Waals surface area contributed by atoms with E-state index in [1.54, 1.807) is 0 Å². The molecule has 2 aromatic rings. The Morgan fingerprint density at radius 3 is 2.48 bits per heavy atom. The molecule has 6 heteroatoms. The quantitative estimate of drug-likeness (QED) is 0.780. The molecule has 6 nitrogen and oxygen atoms in total. The number of hydrogen-bond donors (Lipinski definition) is 1. The van der Waals surface area contributed by atoms with Crippen LogP contribution < -0.4 is 5.32 Å². The molecule has 1 aliphatic heterocycles. The van der Waals surface area contributed by atoms with E-state index in [0.717, 1.165) is 61.8 Å². The molecule has 0 radical (unpaired) electrons. The molecule has 1 aliphatic rings. The van der Waals surface area contributed by atoms with Crippen LogP contribution in [0.4, 0.5) is 0 Å². The molecular formula is C23H35N5O. The summed E-state index contributed by atoms with van der Waals surface area (Å²) < 4.78 is 1.97. The van der Waals surface area contributed by atoms with Gasteiger partial charge in [0, 0.05) is 50.0 Å². The number of nitrogens with zero attached hydrogens (tertiary/aromatic N) is 4. The highest BCUT2D eigenvalue weighted by Crippen LogP contribution is 2.21. The Morgan fingerprint density at radius 2 is 1.83 bits per heavy atom. The number of aromatic nitrogens is 2. The number of hydrogen-bond acceptors (Lipinski definition) is 4. The molecule has 2 heterocycles. The zero-order chi connectivity index (χ0) is 21.0. The molecule has 1 fully saturated rings. The summed E-state index contributed by atoms with van der Waals surface area (Å²) in [6.07, 6.45) is 1.32. The number of likely N-dealkylation sites (N-methyl/N-ethyl adjacent to an activating group) is 1. The number of piperazine rings is 1. The fraction of sp³-hybridized carbons (Fsp3) is 0.565. The van der Waals surface area contributed by atoms with E-state index in [2.05, 4.69) is 55.1 Å². The van der Waals surface area contributed by atoms with Crippen molar-refractivity contribution < 1.29 is 4.79 Å². The van der Waals surface area contributed by atoms with E-state index >= 15 is 0 Å². The van der Waals surface area contributed by atoms with Crippen LogP contribution >= 0.6 is 0 Å². The maximum atomic E-state index is 12.8. The van der Waals surface area contributed by atoms with Gasteiger partial charge >= 0.3 is 0 Å². The molecule has 1 saturated heterocycles. The van der Waals surface area contributed by atoms with Gasteiger partial charge in [0.05, 0.1) is 17.8 Å². The largest absolute Gasteiger partial charge is 0.352 e. The second kappa shape index (κ2) is 9.55. The highest BCUT2D eigenvalue weighted by molar-refractivity contribution is 5.79. The van der Waals surface area contributed by atoms with Crippen LogP contribution in [-0.2, 0) is 11.2 Å². The monoisotopic (exact) mass is 397 g/mol. The average molecular weight is 398 g/mol. The summed E-state index contributed by atoms with van der Waals surface area (Å²) in [4.78, 5) is 17.6. The normalized spacial score (nSPS) is 16.7. The molecule has 0 aliphatic carbocycles. The first-order valence-corrected chi connectivity index (χ1v) is 10.7. The van der Waals surface area contributed by atoms with Crippen LogP contribution in [0.25, 0.3) is 5.69 Å². The highest BCUT2D eigenvalue weighted by atomic mass is 16.1. The van der Waals surface area contributed by atoms with Crippen LogP contribution in [-0.4, -0.2) is 71.3 Å². The van der Waals surface area contributed by atoms with Gasteiger partial charge in [0.15, 0.2) is 0 Å². The van der Waals surface area contributed by atoms with Gasteiger partial charge in [0.25, 0.3) is 0 Å². The van der Waals surface area contributed by atoms with E-state index in [-0.39, 0.29) is 11.9 Å². The van der Waals surface area contributed by atoms with Crippen LogP contribution in [0.15, 0.2) is 24.3 Å². The third-order valence-corrected chi connectivity index (χ3v) is 6.05. The van der Waals surface area contributed by atoms with Crippen molar-refractivity contribution in [2.24, 2.45) is 0 Å². The number of nitrogens with one attached hydrogen (secondary N) is 1. The van der Waals surface area contributed by atoms with E-state index < -0.39 is 0 Å². The SMILES string of the molecule is CCC(CN1CCN(C)CC1)NC(=O)Cc1c(C)nn(-c2ccccc2C)c1C. The maximum Gasteiger partial charge on any atom is 0.224 e. The van der Waals surface area contributed by atoms with Gasteiger partial charge in [-0.1, -0.05) is 25.1 Å². The number of amides is 1. The van der Waals surface area contributed by atoms with Gasteiger partial charge in [-0.15, -0.1) is 0 Å². The third kappa shape index (κ3) is 5.25. The summed E-state index contributed by atoms with van der Waals surface area (Å²) in [5.41, 5.74) is 5.24. The van der Waals surface area contributed by atoms with Gasteiger partial charge in [-0.25, -0.2) is 4.68 Å². The Bertz CT molecular complexity index is 836. The Hall–Kier alpha value is -2.18. The summed E-state index contributed by atoms with van der Waals surface area (Å²) in [7, 11) is 2.16. The lowest BCUT2D eigenvalue weighted by molar-refractivity contribution is -0.121. The van der Waals surface area contributed by atoms with Gasteiger partial charge in [-0.2, -0.15) is 5.10 Å². The summed E-state index contributed by atoms with van der Waals surface area (Å²) in [6.45, 7) is 13.5. The first-order chi connectivity index (χ1) is 13.9. The second-order valence-electron chi connectivity index (χ2n) is 8.30.